The van der Waals surface area contributed by atoms with Crippen LogP contribution >= 0.6 is 0 Å². The largest absolute Gasteiger partial charge is 0.464 e. The highest BCUT2D eigenvalue weighted by Gasteiger charge is 2.33. The van der Waals surface area contributed by atoms with E-state index in [2.05, 4.69) is 0 Å². The van der Waals surface area contributed by atoms with Crippen molar-refractivity contribution < 1.29 is 12.8 Å². The van der Waals surface area contributed by atoms with E-state index in [1.807, 2.05) is 19.1 Å². The molecule has 3 unspecified atom stereocenters. The molecular formula is C14H23NO3S. The summed E-state index contributed by atoms with van der Waals surface area (Å²) >= 11 is 0. The molecule has 1 aromatic heterocycles. The van der Waals surface area contributed by atoms with Gasteiger partial charge in [-0.05, 0) is 37.3 Å². The van der Waals surface area contributed by atoms with Crippen LogP contribution in [0.3, 0.4) is 0 Å². The predicted molar refractivity (Wildman–Crippen MR) is 75.6 cm³/mol. The lowest BCUT2D eigenvalue weighted by molar-refractivity contribution is 0.278. The van der Waals surface area contributed by atoms with Crippen molar-refractivity contribution >= 4 is 9.84 Å². The molecule has 3 atom stereocenters. The van der Waals surface area contributed by atoms with Crippen LogP contribution in [-0.2, 0) is 16.3 Å². The number of sulfone groups is 1. The Morgan fingerprint density at radius 1 is 1.42 bits per heavy atom. The number of hydrogen-bond donors (Lipinski definition) is 1. The van der Waals surface area contributed by atoms with E-state index in [1.165, 1.54) is 6.26 Å². The molecule has 2 rings (SSSR count). The van der Waals surface area contributed by atoms with Crippen molar-refractivity contribution in [2.45, 2.75) is 50.3 Å². The lowest BCUT2D eigenvalue weighted by Crippen LogP contribution is -2.32. The second kappa shape index (κ2) is 5.67. The van der Waals surface area contributed by atoms with E-state index in [-0.39, 0.29) is 17.2 Å². The zero-order valence-corrected chi connectivity index (χ0v) is 12.4. The zero-order valence-electron chi connectivity index (χ0n) is 11.6. The monoisotopic (exact) mass is 285 g/mol. The summed E-state index contributed by atoms with van der Waals surface area (Å²) < 4.78 is 29.0. The molecule has 1 aliphatic carbocycles. The van der Waals surface area contributed by atoms with Crippen LogP contribution in [0.2, 0.25) is 0 Å². The molecule has 4 nitrogen and oxygen atoms in total. The number of furan rings is 1. The van der Waals surface area contributed by atoms with Gasteiger partial charge in [-0.3, -0.25) is 0 Å². The minimum absolute atomic E-state index is 0.190. The predicted octanol–water partition coefficient (Wildman–Crippen LogP) is 2.45. The number of nitrogens with two attached hydrogens (primary N) is 1. The normalized spacial score (nSPS) is 26.3. The minimum atomic E-state index is -2.96. The van der Waals surface area contributed by atoms with Gasteiger partial charge in [0.15, 0.2) is 0 Å². The van der Waals surface area contributed by atoms with Crippen molar-refractivity contribution in [1.29, 1.82) is 0 Å². The summed E-state index contributed by atoms with van der Waals surface area (Å²) in [5, 5.41) is -0.238. The standard InChI is InChI=1S/C14H23NO3S/c1-3-11-7-8-13(18-11)14(15)10-5-4-6-12(9-10)19(2,16)17/h7-8,10,12,14H,3-6,9,15H2,1-2H3. The van der Waals surface area contributed by atoms with Crippen LogP contribution in [0.5, 0.6) is 0 Å². The Hall–Kier alpha value is -0.810. The summed E-state index contributed by atoms with van der Waals surface area (Å²) in [6.45, 7) is 2.04. The summed E-state index contributed by atoms with van der Waals surface area (Å²) in [5.74, 6) is 1.92. The van der Waals surface area contributed by atoms with Gasteiger partial charge in [-0.2, -0.15) is 0 Å². The third-order valence-corrected chi connectivity index (χ3v) is 5.78. The molecule has 0 aliphatic heterocycles. The van der Waals surface area contributed by atoms with Crippen LogP contribution in [-0.4, -0.2) is 19.9 Å². The highest BCUT2D eigenvalue weighted by molar-refractivity contribution is 7.91. The molecule has 1 fully saturated rings. The molecule has 0 spiro atoms. The highest BCUT2D eigenvalue weighted by atomic mass is 32.2. The van der Waals surface area contributed by atoms with Gasteiger partial charge in [0.2, 0.25) is 0 Å². The van der Waals surface area contributed by atoms with E-state index >= 15 is 0 Å². The number of rotatable bonds is 4. The molecule has 0 amide bonds. The topological polar surface area (TPSA) is 73.3 Å². The lowest BCUT2D eigenvalue weighted by atomic mass is 9.83. The quantitative estimate of drug-likeness (QED) is 0.922. The van der Waals surface area contributed by atoms with Crippen molar-refractivity contribution in [2.24, 2.45) is 11.7 Å². The van der Waals surface area contributed by atoms with Gasteiger partial charge >= 0.3 is 0 Å². The van der Waals surface area contributed by atoms with Crippen molar-refractivity contribution in [1.82, 2.24) is 0 Å². The fourth-order valence-electron chi connectivity index (χ4n) is 2.89. The molecule has 1 aliphatic rings. The van der Waals surface area contributed by atoms with Gasteiger partial charge in [0, 0.05) is 12.7 Å². The van der Waals surface area contributed by atoms with E-state index < -0.39 is 9.84 Å². The third-order valence-electron chi connectivity index (χ3n) is 4.14. The van der Waals surface area contributed by atoms with Crippen molar-refractivity contribution in [3.05, 3.63) is 23.7 Å². The first kappa shape index (κ1) is 14.6. The SMILES string of the molecule is CCc1ccc(C(N)C2CCCC(S(C)(=O)=O)C2)o1. The number of hydrogen-bond acceptors (Lipinski definition) is 4. The Bertz CT molecular complexity index is 521. The van der Waals surface area contributed by atoms with E-state index in [9.17, 15) is 8.42 Å². The lowest BCUT2D eigenvalue weighted by Gasteiger charge is -2.31. The molecular weight excluding hydrogens is 262 g/mol. The van der Waals surface area contributed by atoms with Gasteiger partial charge in [0.05, 0.1) is 11.3 Å². The molecule has 0 bridgehead atoms. The van der Waals surface area contributed by atoms with Crippen molar-refractivity contribution in [3.8, 4) is 0 Å². The third kappa shape index (κ3) is 3.39. The van der Waals surface area contributed by atoms with Crippen LogP contribution in [0.25, 0.3) is 0 Å². The van der Waals surface area contributed by atoms with Gasteiger partial charge < -0.3 is 10.2 Å². The summed E-state index contributed by atoms with van der Waals surface area (Å²) in [6.07, 6.45) is 5.51. The first-order valence-corrected chi connectivity index (χ1v) is 8.90. The Labute approximate surface area is 115 Å². The Morgan fingerprint density at radius 3 is 2.74 bits per heavy atom. The molecule has 1 aromatic rings. The molecule has 1 saturated carbocycles. The summed E-state index contributed by atoms with van der Waals surface area (Å²) in [6, 6.07) is 3.68. The van der Waals surface area contributed by atoms with E-state index in [1.54, 1.807) is 0 Å². The smallest absolute Gasteiger partial charge is 0.150 e. The van der Waals surface area contributed by atoms with Crippen molar-refractivity contribution in [2.75, 3.05) is 6.26 Å². The van der Waals surface area contributed by atoms with Gasteiger partial charge in [-0.15, -0.1) is 0 Å². The molecule has 0 saturated heterocycles. The van der Waals surface area contributed by atoms with Gasteiger partial charge in [-0.1, -0.05) is 13.3 Å². The molecule has 1 heterocycles. The fraction of sp³-hybridized carbons (Fsp3) is 0.714. The van der Waals surface area contributed by atoms with Crippen LogP contribution in [0.15, 0.2) is 16.5 Å². The van der Waals surface area contributed by atoms with Crippen LogP contribution in [0.1, 0.15) is 50.2 Å². The van der Waals surface area contributed by atoms with Crippen molar-refractivity contribution in [3.63, 3.8) is 0 Å². The summed E-state index contributed by atoms with van der Waals surface area (Å²) in [5.41, 5.74) is 6.25. The van der Waals surface area contributed by atoms with Gasteiger partial charge in [0.25, 0.3) is 0 Å². The Kier molecular flexibility index (Phi) is 4.36. The Balaban J connectivity index is 2.08. The van der Waals surface area contributed by atoms with E-state index in [4.69, 9.17) is 10.2 Å². The molecule has 19 heavy (non-hydrogen) atoms. The second-order valence-electron chi connectivity index (χ2n) is 5.56. The minimum Gasteiger partial charge on any atom is -0.464 e. The first-order valence-electron chi connectivity index (χ1n) is 6.95. The molecule has 2 N–H and O–H groups in total. The highest BCUT2D eigenvalue weighted by Crippen LogP contribution is 2.36. The molecule has 0 aromatic carbocycles. The summed E-state index contributed by atoms with van der Waals surface area (Å²) in [7, 11) is -2.96. The van der Waals surface area contributed by atoms with Crippen LogP contribution < -0.4 is 5.73 Å². The second-order valence-corrected chi connectivity index (χ2v) is 7.89. The van der Waals surface area contributed by atoms with Crippen LogP contribution in [0, 0.1) is 5.92 Å². The maximum absolute atomic E-state index is 11.7. The number of aryl methyl sites for hydroxylation is 1. The van der Waals surface area contributed by atoms with E-state index in [0.717, 1.165) is 37.2 Å². The van der Waals surface area contributed by atoms with Gasteiger partial charge in [-0.25, -0.2) is 8.42 Å². The first-order chi connectivity index (χ1) is 8.91. The maximum Gasteiger partial charge on any atom is 0.150 e. The summed E-state index contributed by atoms with van der Waals surface area (Å²) in [4.78, 5) is 0. The van der Waals surface area contributed by atoms with Gasteiger partial charge in [0.1, 0.15) is 21.4 Å². The average molecular weight is 285 g/mol. The zero-order chi connectivity index (χ0) is 14.0. The molecule has 5 heteroatoms. The average Bonchev–Trinajstić information content (AvgIpc) is 2.86. The van der Waals surface area contributed by atoms with E-state index in [0.29, 0.717) is 6.42 Å². The maximum atomic E-state index is 11.7. The Morgan fingerprint density at radius 2 is 2.16 bits per heavy atom. The fourth-order valence-corrected chi connectivity index (χ4v) is 4.08. The molecule has 0 radical (unpaired) electrons. The van der Waals surface area contributed by atoms with Crippen LogP contribution in [0.4, 0.5) is 0 Å². The molecule has 108 valence electrons.